The van der Waals surface area contributed by atoms with E-state index in [9.17, 15) is 0 Å². The van der Waals surface area contributed by atoms with Crippen molar-refractivity contribution in [3.05, 3.63) is 53.2 Å². The van der Waals surface area contributed by atoms with Gasteiger partial charge in [-0.1, -0.05) is 44.3 Å². The summed E-state index contributed by atoms with van der Waals surface area (Å²) in [5.74, 6) is 1.71. The van der Waals surface area contributed by atoms with Crippen LogP contribution in [0.2, 0.25) is 0 Å². The first-order valence-corrected chi connectivity index (χ1v) is 6.93. The van der Waals surface area contributed by atoms with Gasteiger partial charge in [0.2, 0.25) is 5.88 Å². The molecule has 104 valence electrons. The molecule has 0 aliphatic heterocycles. The predicted molar refractivity (Wildman–Crippen MR) is 85.5 cm³/mol. The van der Waals surface area contributed by atoms with E-state index in [-0.39, 0.29) is 4.99 Å². The zero-order valence-corrected chi connectivity index (χ0v) is 12.7. The Morgan fingerprint density at radius 1 is 1.25 bits per heavy atom. The minimum Gasteiger partial charge on any atom is -0.439 e. The second-order valence-corrected chi connectivity index (χ2v) is 5.46. The van der Waals surface area contributed by atoms with E-state index in [1.807, 2.05) is 19.1 Å². The van der Waals surface area contributed by atoms with Crippen LogP contribution in [0.3, 0.4) is 0 Å². The molecule has 1 aromatic carbocycles. The third-order valence-electron chi connectivity index (χ3n) is 2.98. The molecule has 0 aliphatic rings. The third kappa shape index (κ3) is 3.33. The van der Waals surface area contributed by atoms with Gasteiger partial charge in [0, 0.05) is 6.07 Å². The van der Waals surface area contributed by atoms with Gasteiger partial charge in [0.05, 0.1) is 0 Å². The Hall–Kier alpha value is -1.94. The zero-order chi connectivity index (χ0) is 14.7. The molecule has 1 aromatic heterocycles. The van der Waals surface area contributed by atoms with Crippen LogP contribution in [-0.2, 0) is 0 Å². The van der Waals surface area contributed by atoms with Crippen molar-refractivity contribution in [2.45, 2.75) is 26.7 Å². The number of hydrogen-bond donors (Lipinski definition) is 1. The molecule has 0 spiro atoms. The Morgan fingerprint density at radius 2 is 2.00 bits per heavy atom. The van der Waals surface area contributed by atoms with Crippen LogP contribution in [0.15, 0.2) is 36.4 Å². The first kappa shape index (κ1) is 14.5. The van der Waals surface area contributed by atoms with E-state index >= 15 is 0 Å². The van der Waals surface area contributed by atoms with E-state index in [2.05, 4.69) is 31.0 Å². The molecule has 0 unspecified atom stereocenters. The minimum atomic E-state index is 0.267. The van der Waals surface area contributed by atoms with E-state index in [4.69, 9.17) is 22.7 Å². The lowest BCUT2D eigenvalue weighted by Gasteiger charge is -2.14. The van der Waals surface area contributed by atoms with Crippen molar-refractivity contribution in [1.29, 1.82) is 0 Å². The van der Waals surface area contributed by atoms with Crippen LogP contribution in [-0.4, -0.2) is 9.97 Å². The molecule has 0 bridgehead atoms. The molecule has 0 atom stereocenters. The van der Waals surface area contributed by atoms with Crippen LogP contribution in [0.1, 0.15) is 36.6 Å². The maximum absolute atomic E-state index is 5.92. The fourth-order valence-electron chi connectivity index (χ4n) is 1.93. The molecule has 2 N–H and O–H groups in total. The molecule has 2 aromatic rings. The van der Waals surface area contributed by atoms with Gasteiger partial charge >= 0.3 is 0 Å². The van der Waals surface area contributed by atoms with E-state index in [1.54, 1.807) is 12.1 Å². The number of thiocarbonyl (C=S) groups is 1. The highest BCUT2D eigenvalue weighted by molar-refractivity contribution is 7.80. The normalized spacial score (nSPS) is 10.6. The maximum Gasteiger partial charge on any atom is 0.219 e. The quantitative estimate of drug-likeness (QED) is 0.865. The molecule has 0 fully saturated rings. The fraction of sp³-hybridized carbons (Fsp3) is 0.250. The van der Waals surface area contributed by atoms with E-state index in [1.165, 1.54) is 0 Å². The van der Waals surface area contributed by atoms with E-state index in [0.717, 1.165) is 16.9 Å². The van der Waals surface area contributed by atoms with Crippen LogP contribution in [0.25, 0.3) is 0 Å². The van der Waals surface area contributed by atoms with Gasteiger partial charge in [-0.2, -0.15) is 0 Å². The Bertz CT molecular complexity index is 638. The van der Waals surface area contributed by atoms with Gasteiger partial charge in [0.25, 0.3) is 0 Å². The highest BCUT2D eigenvalue weighted by Crippen LogP contribution is 2.30. The smallest absolute Gasteiger partial charge is 0.219 e. The molecule has 1 heterocycles. The lowest BCUT2D eigenvalue weighted by molar-refractivity contribution is 0.454. The molecule has 2 rings (SSSR count). The number of nitrogens with two attached hydrogens (primary N) is 1. The van der Waals surface area contributed by atoms with Gasteiger partial charge in [0.15, 0.2) is 0 Å². The van der Waals surface area contributed by atoms with Gasteiger partial charge in [-0.05, 0) is 36.1 Å². The Morgan fingerprint density at radius 3 is 2.65 bits per heavy atom. The highest BCUT2D eigenvalue weighted by Gasteiger charge is 2.10. The van der Waals surface area contributed by atoms with Crippen molar-refractivity contribution in [2.24, 2.45) is 5.73 Å². The number of pyridine rings is 1. The van der Waals surface area contributed by atoms with E-state index in [0.29, 0.717) is 17.5 Å². The number of aryl methyl sites for hydroxylation is 1. The molecule has 0 aliphatic carbocycles. The highest BCUT2D eigenvalue weighted by atomic mass is 32.1. The summed E-state index contributed by atoms with van der Waals surface area (Å²) in [5.41, 5.74) is 8.46. The largest absolute Gasteiger partial charge is 0.439 e. The number of aromatic nitrogens is 1. The monoisotopic (exact) mass is 286 g/mol. The number of hydrogen-bond acceptors (Lipinski definition) is 3. The van der Waals surface area contributed by atoms with Crippen molar-refractivity contribution in [3.63, 3.8) is 0 Å². The van der Waals surface area contributed by atoms with Gasteiger partial charge < -0.3 is 10.5 Å². The first-order valence-electron chi connectivity index (χ1n) is 6.52. The molecule has 0 radical (unpaired) electrons. The van der Waals surface area contributed by atoms with Gasteiger partial charge in [0.1, 0.15) is 16.4 Å². The number of nitrogens with zero attached hydrogens (tertiary/aromatic N) is 1. The topological polar surface area (TPSA) is 48.1 Å². The molecule has 0 saturated carbocycles. The van der Waals surface area contributed by atoms with Gasteiger partial charge in [-0.25, -0.2) is 4.98 Å². The van der Waals surface area contributed by atoms with Crippen LogP contribution < -0.4 is 10.5 Å². The maximum atomic E-state index is 5.92. The summed E-state index contributed by atoms with van der Waals surface area (Å²) >= 11 is 4.93. The molecular weight excluding hydrogens is 268 g/mol. The average Bonchev–Trinajstić information content (AvgIpc) is 2.38. The third-order valence-corrected chi connectivity index (χ3v) is 3.19. The van der Waals surface area contributed by atoms with Crippen molar-refractivity contribution in [1.82, 2.24) is 4.98 Å². The minimum absolute atomic E-state index is 0.267. The summed E-state index contributed by atoms with van der Waals surface area (Å²) in [4.78, 5) is 4.58. The van der Waals surface area contributed by atoms with Gasteiger partial charge in [-0.3, -0.25) is 0 Å². The number of ether oxygens (including phenoxy) is 1. The predicted octanol–water partition coefficient (Wildman–Crippen LogP) is 3.94. The summed E-state index contributed by atoms with van der Waals surface area (Å²) < 4.78 is 5.92. The second kappa shape index (κ2) is 6.01. The van der Waals surface area contributed by atoms with Crippen LogP contribution in [0, 0.1) is 6.92 Å². The van der Waals surface area contributed by atoms with Crippen LogP contribution >= 0.6 is 12.2 Å². The molecule has 4 heteroatoms. The Kier molecular flexibility index (Phi) is 4.35. The summed E-state index contributed by atoms with van der Waals surface area (Å²) in [6.07, 6.45) is 0. The van der Waals surface area contributed by atoms with E-state index < -0.39 is 0 Å². The van der Waals surface area contributed by atoms with Crippen molar-refractivity contribution in [3.8, 4) is 11.6 Å². The Labute approximate surface area is 124 Å². The van der Waals surface area contributed by atoms with Crippen molar-refractivity contribution in [2.75, 3.05) is 0 Å². The summed E-state index contributed by atoms with van der Waals surface area (Å²) in [6.45, 7) is 6.31. The second-order valence-electron chi connectivity index (χ2n) is 5.02. The molecular formula is C16H18N2OS. The average molecular weight is 286 g/mol. The van der Waals surface area contributed by atoms with Gasteiger partial charge in [-0.15, -0.1) is 0 Å². The molecule has 20 heavy (non-hydrogen) atoms. The summed E-state index contributed by atoms with van der Waals surface area (Å²) in [5, 5.41) is 0. The summed E-state index contributed by atoms with van der Waals surface area (Å²) in [6, 6.07) is 11.6. The number of rotatable bonds is 4. The van der Waals surface area contributed by atoms with Crippen molar-refractivity contribution >= 4 is 17.2 Å². The molecule has 0 amide bonds. The fourth-order valence-corrected chi connectivity index (χ4v) is 2.04. The van der Waals surface area contributed by atoms with Crippen LogP contribution in [0.4, 0.5) is 0 Å². The zero-order valence-electron chi connectivity index (χ0n) is 11.9. The Balaban J connectivity index is 2.36. The van der Waals surface area contributed by atoms with Crippen molar-refractivity contribution < 1.29 is 4.74 Å². The standard InChI is InChI=1S/C16H18N2OS/c1-10(2)12-8-7-11(3)9-14(12)19-15-6-4-5-13(18-15)16(17)20/h4-10H,1-3H3,(H2,17,20). The first-order chi connectivity index (χ1) is 9.47. The lowest BCUT2D eigenvalue weighted by atomic mass is 10.0. The molecule has 0 saturated heterocycles. The lowest BCUT2D eigenvalue weighted by Crippen LogP contribution is -2.11. The van der Waals surface area contributed by atoms with Crippen LogP contribution in [0.5, 0.6) is 11.6 Å². The number of benzene rings is 1. The SMILES string of the molecule is Cc1ccc(C(C)C)c(Oc2cccc(C(N)=S)n2)c1. The summed E-state index contributed by atoms with van der Waals surface area (Å²) in [7, 11) is 0. The molecule has 3 nitrogen and oxygen atoms in total.